The van der Waals surface area contributed by atoms with Crippen molar-refractivity contribution in [2.75, 3.05) is 0 Å². The van der Waals surface area contributed by atoms with Gasteiger partial charge >= 0.3 is 0 Å². The van der Waals surface area contributed by atoms with Gasteiger partial charge < -0.3 is 5.11 Å². The lowest BCUT2D eigenvalue weighted by atomic mass is 9.98. The van der Waals surface area contributed by atoms with Crippen LogP contribution in [0.5, 0.6) is 0 Å². The zero-order valence-corrected chi connectivity index (χ0v) is 12.2. The third-order valence-corrected chi connectivity index (χ3v) is 4.81. The third kappa shape index (κ3) is 2.76. The van der Waals surface area contributed by atoms with E-state index in [1.54, 1.807) is 22.7 Å². The van der Waals surface area contributed by atoms with Gasteiger partial charge in [0.1, 0.15) is 6.10 Å². The summed E-state index contributed by atoms with van der Waals surface area (Å²) in [4.78, 5) is 6.72. The highest BCUT2D eigenvalue weighted by Crippen LogP contribution is 2.32. The molecule has 2 rings (SSSR count). The van der Waals surface area contributed by atoms with Crippen LogP contribution in [0.15, 0.2) is 17.5 Å². The minimum Gasteiger partial charge on any atom is -0.381 e. The van der Waals surface area contributed by atoms with Gasteiger partial charge in [0.15, 0.2) is 0 Å². The lowest BCUT2D eigenvalue weighted by Gasteiger charge is -2.14. The van der Waals surface area contributed by atoms with Crippen LogP contribution in [-0.4, -0.2) is 10.1 Å². The number of aryl methyl sites for hydroxylation is 1. The van der Waals surface area contributed by atoms with Crippen molar-refractivity contribution in [3.05, 3.63) is 38.0 Å². The second-order valence-electron chi connectivity index (χ2n) is 5.18. The predicted molar refractivity (Wildman–Crippen MR) is 73.9 cm³/mol. The van der Waals surface area contributed by atoms with Gasteiger partial charge in [-0.05, 0) is 19.1 Å². The molecule has 0 spiro atoms. The predicted octanol–water partition coefficient (Wildman–Crippen LogP) is 3.89. The van der Waals surface area contributed by atoms with Gasteiger partial charge in [-0.2, -0.15) is 0 Å². The maximum absolute atomic E-state index is 10.2. The van der Waals surface area contributed by atoms with E-state index in [0.29, 0.717) is 0 Å². The first-order valence-electron chi connectivity index (χ1n) is 5.58. The van der Waals surface area contributed by atoms with Gasteiger partial charge in [0.05, 0.1) is 10.7 Å². The standard InChI is InChI=1S/C13H17NOS2/c1-8-5-6-10(17-8)11(15)9-7-16-12(14-9)13(2,3)4/h5-7,11,15H,1-4H3. The number of thiophene rings is 1. The van der Waals surface area contributed by atoms with E-state index in [1.165, 1.54) is 4.88 Å². The molecule has 0 saturated carbocycles. The molecule has 0 aliphatic carbocycles. The van der Waals surface area contributed by atoms with Gasteiger partial charge in [0, 0.05) is 20.5 Å². The van der Waals surface area contributed by atoms with Crippen molar-refractivity contribution in [1.29, 1.82) is 0 Å². The van der Waals surface area contributed by atoms with E-state index in [1.807, 2.05) is 24.4 Å². The van der Waals surface area contributed by atoms with Crippen LogP contribution in [0.4, 0.5) is 0 Å². The van der Waals surface area contributed by atoms with Crippen molar-refractivity contribution in [2.24, 2.45) is 0 Å². The number of hydrogen-bond acceptors (Lipinski definition) is 4. The van der Waals surface area contributed by atoms with Crippen LogP contribution in [-0.2, 0) is 5.41 Å². The smallest absolute Gasteiger partial charge is 0.131 e. The first-order valence-corrected chi connectivity index (χ1v) is 7.28. The molecule has 0 amide bonds. The van der Waals surface area contributed by atoms with Crippen molar-refractivity contribution >= 4 is 22.7 Å². The number of hydrogen-bond donors (Lipinski definition) is 1. The number of aliphatic hydroxyl groups excluding tert-OH is 1. The van der Waals surface area contributed by atoms with Crippen LogP contribution in [0.25, 0.3) is 0 Å². The summed E-state index contributed by atoms with van der Waals surface area (Å²) in [5, 5.41) is 13.3. The molecule has 1 unspecified atom stereocenters. The fraction of sp³-hybridized carbons (Fsp3) is 0.462. The Morgan fingerprint density at radius 3 is 2.47 bits per heavy atom. The summed E-state index contributed by atoms with van der Waals surface area (Å²) in [7, 11) is 0. The molecular weight excluding hydrogens is 250 g/mol. The van der Waals surface area contributed by atoms with E-state index in [4.69, 9.17) is 0 Å². The molecule has 0 saturated heterocycles. The summed E-state index contributed by atoms with van der Waals surface area (Å²) in [5.41, 5.74) is 0.815. The third-order valence-electron chi connectivity index (χ3n) is 2.47. The fourth-order valence-electron chi connectivity index (χ4n) is 1.50. The zero-order chi connectivity index (χ0) is 12.6. The average Bonchev–Trinajstić information content (AvgIpc) is 2.83. The Balaban J connectivity index is 2.26. The summed E-state index contributed by atoms with van der Waals surface area (Å²) in [6.45, 7) is 8.45. The SMILES string of the molecule is Cc1ccc(C(O)c2csc(C(C)(C)C)n2)s1. The molecule has 92 valence electrons. The first-order chi connectivity index (χ1) is 7.88. The zero-order valence-electron chi connectivity index (χ0n) is 10.5. The minimum atomic E-state index is -0.582. The largest absolute Gasteiger partial charge is 0.381 e. The van der Waals surface area contributed by atoms with Gasteiger partial charge in [0.25, 0.3) is 0 Å². The van der Waals surface area contributed by atoms with Crippen molar-refractivity contribution in [3.63, 3.8) is 0 Å². The van der Waals surface area contributed by atoms with Crippen LogP contribution < -0.4 is 0 Å². The molecule has 0 aromatic carbocycles. The fourth-order valence-corrected chi connectivity index (χ4v) is 3.30. The number of rotatable bonds is 2. The van der Waals surface area contributed by atoms with Crippen molar-refractivity contribution in [3.8, 4) is 0 Å². The molecule has 1 atom stereocenters. The first kappa shape index (κ1) is 12.7. The van der Waals surface area contributed by atoms with E-state index < -0.39 is 6.10 Å². The number of nitrogens with zero attached hydrogens (tertiary/aromatic N) is 1. The highest BCUT2D eigenvalue weighted by atomic mass is 32.1. The molecule has 2 aromatic rings. The second kappa shape index (κ2) is 4.52. The Kier molecular flexibility index (Phi) is 3.39. The van der Waals surface area contributed by atoms with E-state index >= 15 is 0 Å². The summed E-state index contributed by atoms with van der Waals surface area (Å²) < 4.78 is 0. The normalized spacial score (nSPS) is 13.9. The molecular formula is C13H17NOS2. The van der Waals surface area contributed by atoms with Crippen LogP contribution in [0.1, 0.15) is 47.3 Å². The quantitative estimate of drug-likeness (QED) is 0.895. The molecule has 4 heteroatoms. The van der Waals surface area contributed by atoms with Crippen molar-refractivity contribution in [1.82, 2.24) is 4.98 Å². The Morgan fingerprint density at radius 1 is 1.29 bits per heavy atom. The van der Waals surface area contributed by atoms with Crippen LogP contribution in [0.3, 0.4) is 0 Å². The number of aliphatic hydroxyl groups is 1. The molecule has 0 fully saturated rings. The Labute approximate surface area is 110 Å². The van der Waals surface area contributed by atoms with Crippen LogP contribution in [0, 0.1) is 6.92 Å². The van der Waals surface area contributed by atoms with Gasteiger partial charge in [-0.1, -0.05) is 20.8 Å². The molecule has 0 aliphatic rings. The summed E-state index contributed by atoms with van der Waals surface area (Å²) in [6.07, 6.45) is -0.582. The molecule has 17 heavy (non-hydrogen) atoms. The lowest BCUT2D eigenvalue weighted by molar-refractivity contribution is 0.219. The molecule has 1 N–H and O–H groups in total. The second-order valence-corrected chi connectivity index (χ2v) is 7.36. The number of aromatic nitrogens is 1. The minimum absolute atomic E-state index is 0.0496. The number of thiazole rings is 1. The van der Waals surface area contributed by atoms with Gasteiger partial charge in [-0.15, -0.1) is 22.7 Å². The molecule has 0 radical (unpaired) electrons. The van der Waals surface area contributed by atoms with Crippen molar-refractivity contribution < 1.29 is 5.11 Å². The molecule has 2 aromatic heterocycles. The molecule has 0 bridgehead atoms. The van der Waals surface area contributed by atoms with E-state index in [0.717, 1.165) is 15.6 Å². The Morgan fingerprint density at radius 2 is 2.00 bits per heavy atom. The van der Waals surface area contributed by atoms with Crippen LogP contribution >= 0.6 is 22.7 Å². The Hall–Kier alpha value is -0.710. The maximum atomic E-state index is 10.2. The van der Waals surface area contributed by atoms with E-state index in [2.05, 4.69) is 25.8 Å². The van der Waals surface area contributed by atoms with Gasteiger partial charge in [-0.3, -0.25) is 0 Å². The summed E-state index contributed by atoms with van der Waals surface area (Å²) >= 11 is 3.24. The molecule has 0 aliphatic heterocycles. The van der Waals surface area contributed by atoms with Gasteiger partial charge in [0.2, 0.25) is 0 Å². The van der Waals surface area contributed by atoms with E-state index in [9.17, 15) is 5.11 Å². The summed E-state index contributed by atoms with van der Waals surface area (Å²) in [5.74, 6) is 0. The maximum Gasteiger partial charge on any atom is 0.131 e. The monoisotopic (exact) mass is 267 g/mol. The highest BCUT2D eigenvalue weighted by molar-refractivity contribution is 7.12. The highest BCUT2D eigenvalue weighted by Gasteiger charge is 2.21. The van der Waals surface area contributed by atoms with Gasteiger partial charge in [-0.25, -0.2) is 4.98 Å². The Bertz CT molecular complexity index is 507. The lowest BCUT2D eigenvalue weighted by Crippen LogP contribution is -2.11. The summed E-state index contributed by atoms with van der Waals surface area (Å²) in [6, 6.07) is 4.00. The van der Waals surface area contributed by atoms with Crippen LogP contribution in [0.2, 0.25) is 0 Å². The topological polar surface area (TPSA) is 33.1 Å². The molecule has 2 nitrogen and oxygen atoms in total. The molecule has 2 heterocycles. The average molecular weight is 267 g/mol. The van der Waals surface area contributed by atoms with E-state index in [-0.39, 0.29) is 5.41 Å². The van der Waals surface area contributed by atoms with Crippen molar-refractivity contribution in [2.45, 2.75) is 39.2 Å².